The number of anilines is 1. The van der Waals surface area contributed by atoms with E-state index < -0.39 is 0 Å². The molecule has 2 aliphatic heterocycles. The number of carbonyl (C=O) groups is 1. The maximum Gasteiger partial charge on any atom is 0.167 e. The van der Waals surface area contributed by atoms with Crippen LogP contribution in [0.2, 0.25) is 0 Å². The summed E-state index contributed by atoms with van der Waals surface area (Å²) in [5.74, 6) is 0.180. The van der Waals surface area contributed by atoms with Gasteiger partial charge in [-0.15, -0.1) is 0 Å². The zero-order valence-corrected chi connectivity index (χ0v) is 8.73. The summed E-state index contributed by atoms with van der Waals surface area (Å²) in [6.45, 7) is 0. The fourth-order valence-electron chi connectivity index (χ4n) is 2.11. The molecule has 3 nitrogen and oxygen atoms in total. The van der Waals surface area contributed by atoms with Gasteiger partial charge in [0.2, 0.25) is 0 Å². The predicted molar refractivity (Wildman–Crippen MR) is 62.9 cm³/mol. The summed E-state index contributed by atoms with van der Waals surface area (Å²) in [4.78, 5) is 12.0. The lowest BCUT2D eigenvalue weighted by Gasteiger charge is -2.22. The van der Waals surface area contributed by atoms with Gasteiger partial charge >= 0.3 is 0 Å². The number of hydrogen-bond donors (Lipinski definition) is 2. The third-order valence-corrected chi connectivity index (χ3v) is 2.94. The highest BCUT2D eigenvalue weighted by atomic mass is 16.1. The van der Waals surface area contributed by atoms with Crippen molar-refractivity contribution in [2.45, 2.75) is 12.6 Å². The molecule has 0 bridgehead atoms. The van der Waals surface area contributed by atoms with Crippen molar-refractivity contribution in [1.29, 1.82) is 0 Å². The third kappa shape index (κ3) is 1.41. The largest absolute Gasteiger partial charge is 0.368 e. The predicted octanol–water partition coefficient (Wildman–Crippen LogP) is 1.59. The van der Waals surface area contributed by atoms with Crippen molar-refractivity contribution in [2.75, 3.05) is 5.32 Å². The van der Waals surface area contributed by atoms with E-state index in [0.29, 0.717) is 6.42 Å². The van der Waals surface area contributed by atoms with Crippen molar-refractivity contribution in [2.24, 2.45) is 0 Å². The number of dihydropyridines is 1. The van der Waals surface area contributed by atoms with Crippen LogP contribution in [0.3, 0.4) is 0 Å². The molecule has 2 N–H and O–H groups in total. The number of carbonyl (C=O) groups excluding carboxylic acids is 1. The molecule has 0 saturated heterocycles. The van der Waals surface area contributed by atoms with E-state index in [1.807, 2.05) is 42.6 Å². The number of rotatable bonds is 0. The molecule has 0 spiro atoms. The molecular weight excluding hydrogens is 200 g/mol. The Kier molecular flexibility index (Phi) is 2.03. The zero-order chi connectivity index (χ0) is 11.0. The molecular formula is C13H12N2O. The molecule has 3 rings (SSSR count). The summed E-state index contributed by atoms with van der Waals surface area (Å²) in [6.07, 6.45) is 5.97. The number of benzene rings is 1. The van der Waals surface area contributed by atoms with Crippen molar-refractivity contribution in [3.8, 4) is 0 Å². The third-order valence-electron chi connectivity index (χ3n) is 2.94. The van der Waals surface area contributed by atoms with Crippen molar-refractivity contribution < 1.29 is 4.79 Å². The van der Waals surface area contributed by atoms with E-state index in [4.69, 9.17) is 0 Å². The van der Waals surface area contributed by atoms with Crippen molar-refractivity contribution in [1.82, 2.24) is 5.32 Å². The first-order valence-electron chi connectivity index (χ1n) is 5.35. The molecule has 1 aromatic carbocycles. The van der Waals surface area contributed by atoms with E-state index in [9.17, 15) is 4.79 Å². The summed E-state index contributed by atoms with van der Waals surface area (Å²) in [7, 11) is 0. The number of ketones is 1. The summed E-state index contributed by atoms with van der Waals surface area (Å²) >= 11 is 0. The van der Waals surface area contributed by atoms with E-state index in [1.54, 1.807) is 0 Å². The SMILES string of the molecule is O=C1Cc2ccccc2NC2NC=CC=C12. The van der Waals surface area contributed by atoms with Gasteiger partial charge in [0.15, 0.2) is 5.78 Å². The fraction of sp³-hybridized carbons (Fsp3) is 0.154. The van der Waals surface area contributed by atoms with Crippen molar-refractivity contribution >= 4 is 11.5 Å². The van der Waals surface area contributed by atoms with Gasteiger partial charge in [-0.05, 0) is 23.9 Å². The zero-order valence-electron chi connectivity index (χ0n) is 8.73. The number of Topliss-reactive ketones (excluding diaryl/α,β-unsaturated/α-hetero) is 1. The molecule has 1 aromatic rings. The molecule has 16 heavy (non-hydrogen) atoms. The monoisotopic (exact) mass is 212 g/mol. The minimum atomic E-state index is -0.0962. The Bertz CT molecular complexity index is 502. The first-order valence-corrected chi connectivity index (χ1v) is 5.35. The Morgan fingerprint density at radius 3 is 3.06 bits per heavy atom. The van der Waals surface area contributed by atoms with Gasteiger partial charge in [-0.3, -0.25) is 4.79 Å². The van der Waals surface area contributed by atoms with E-state index in [2.05, 4.69) is 10.6 Å². The Balaban J connectivity index is 2.06. The van der Waals surface area contributed by atoms with Gasteiger partial charge in [0.25, 0.3) is 0 Å². The average Bonchev–Trinajstić information content (AvgIpc) is 2.45. The molecule has 0 amide bonds. The molecule has 0 radical (unpaired) electrons. The number of para-hydroxylation sites is 1. The van der Waals surface area contributed by atoms with Gasteiger partial charge in [-0.2, -0.15) is 0 Å². The smallest absolute Gasteiger partial charge is 0.167 e. The van der Waals surface area contributed by atoms with E-state index in [0.717, 1.165) is 16.8 Å². The molecule has 2 aliphatic rings. The lowest BCUT2D eigenvalue weighted by atomic mass is 10.0. The summed E-state index contributed by atoms with van der Waals surface area (Å²) in [5.41, 5.74) is 2.90. The van der Waals surface area contributed by atoms with Crippen molar-refractivity contribution in [3.63, 3.8) is 0 Å². The highest BCUT2D eigenvalue weighted by molar-refractivity contribution is 6.00. The van der Waals surface area contributed by atoms with Gasteiger partial charge in [0.05, 0.1) is 0 Å². The normalized spacial score (nSPS) is 22.1. The van der Waals surface area contributed by atoms with Gasteiger partial charge < -0.3 is 10.6 Å². The fourth-order valence-corrected chi connectivity index (χ4v) is 2.11. The highest BCUT2D eigenvalue weighted by Crippen LogP contribution is 2.24. The van der Waals surface area contributed by atoms with Crippen LogP contribution < -0.4 is 10.6 Å². The molecule has 1 unspecified atom stereocenters. The number of allylic oxidation sites excluding steroid dienone is 2. The molecule has 2 heterocycles. The molecule has 0 aromatic heterocycles. The van der Waals surface area contributed by atoms with E-state index in [1.165, 1.54) is 0 Å². The van der Waals surface area contributed by atoms with E-state index >= 15 is 0 Å². The average molecular weight is 212 g/mol. The highest BCUT2D eigenvalue weighted by Gasteiger charge is 2.25. The lowest BCUT2D eigenvalue weighted by Crippen LogP contribution is -2.37. The standard InChI is InChI=1S/C13H12N2O/c16-12-8-9-4-1-2-6-11(9)15-13-10(12)5-3-7-14-13/h1-7,13-15H,8H2. The second-order valence-corrected chi connectivity index (χ2v) is 3.98. The van der Waals surface area contributed by atoms with Crippen LogP contribution in [0.25, 0.3) is 0 Å². The Morgan fingerprint density at radius 2 is 2.12 bits per heavy atom. The lowest BCUT2D eigenvalue weighted by molar-refractivity contribution is -0.115. The van der Waals surface area contributed by atoms with E-state index in [-0.39, 0.29) is 11.9 Å². The van der Waals surface area contributed by atoms with Crippen LogP contribution in [0.5, 0.6) is 0 Å². The molecule has 1 atom stereocenters. The number of hydrogen-bond acceptors (Lipinski definition) is 3. The Labute approximate surface area is 93.9 Å². The Morgan fingerprint density at radius 1 is 1.25 bits per heavy atom. The summed E-state index contributed by atoms with van der Waals surface area (Å²) in [5, 5.41) is 6.49. The van der Waals surface area contributed by atoms with Gasteiger partial charge in [0, 0.05) is 17.7 Å². The van der Waals surface area contributed by atoms with Crippen LogP contribution in [-0.4, -0.2) is 11.9 Å². The first-order chi connectivity index (χ1) is 7.84. The number of nitrogens with one attached hydrogen (secondary N) is 2. The van der Waals surface area contributed by atoms with Crippen LogP contribution in [0.4, 0.5) is 5.69 Å². The minimum Gasteiger partial charge on any atom is -0.368 e. The second kappa shape index (κ2) is 3.52. The maximum absolute atomic E-state index is 12.0. The maximum atomic E-state index is 12.0. The van der Waals surface area contributed by atoms with Crippen LogP contribution in [0, 0.1) is 0 Å². The van der Waals surface area contributed by atoms with Crippen LogP contribution >= 0.6 is 0 Å². The number of fused-ring (bicyclic) bond motifs is 2. The molecule has 3 heteroatoms. The van der Waals surface area contributed by atoms with Crippen LogP contribution in [0.15, 0.2) is 48.2 Å². The van der Waals surface area contributed by atoms with Gasteiger partial charge in [-0.25, -0.2) is 0 Å². The topological polar surface area (TPSA) is 41.1 Å². The minimum absolute atomic E-state index is 0.0962. The van der Waals surface area contributed by atoms with Gasteiger partial charge in [0.1, 0.15) is 6.17 Å². The Hall–Kier alpha value is -2.03. The van der Waals surface area contributed by atoms with Crippen molar-refractivity contribution in [3.05, 3.63) is 53.8 Å². The van der Waals surface area contributed by atoms with Crippen LogP contribution in [0.1, 0.15) is 5.56 Å². The molecule has 80 valence electrons. The molecule has 0 fully saturated rings. The van der Waals surface area contributed by atoms with Crippen LogP contribution in [-0.2, 0) is 11.2 Å². The first kappa shape index (κ1) is 9.21. The molecule has 0 aliphatic carbocycles. The molecule has 0 saturated carbocycles. The second-order valence-electron chi connectivity index (χ2n) is 3.98. The van der Waals surface area contributed by atoms with Gasteiger partial charge in [-0.1, -0.05) is 24.3 Å². The quantitative estimate of drug-likeness (QED) is 0.686. The summed E-state index contributed by atoms with van der Waals surface area (Å²) in [6, 6.07) is 7.93. The summed E-state index contributed by atoms with van der Waals surface area (Å²) < 4.78 is 0.